The van der Waals surface area contributed by atoms with Crippen LogP contribution in [0.5, 0.6) is 5.75 Å². The minimum absolute atomic E-state index is 0.0114. The van der Waals surface area contributed by atoms with E-state index < -0.39 is 4.92 Å². The number of nitro benzene ring substituents is 1. The van der Waals surface area contributed by atoms with Crippen LogP contribution in [0.25, 0.3) is 11.1 Å². The number of ether oxygens (including phenoxy) is 1. The van der Waals surface area contributed by atoms with E-state index in [2.05, 4.69) is 4.98 Å². The van der Waals surface area contributed by atoms with Crippen molar-refractivity contribution in [3.8, 4) is 16.9 Å². The summed E-state index contributed by atoms with van der Waals surface area (Å²) < 4.78 is 4.98. The van der Waals surface area contributed by atoms with E-state index in [-0.39, 0.29) is 5.69 Å². The Balaban J connectivity index is 2.58. The van der Waals surface area contributed by atoms with Crippen LogP contribution in [-0.2, 0) is 0 Å². The third-order valence-corrected chi connectivity index (χ3v) is 2.37. The summed E-state index contributed by atoms with van der Waals surface area (Å²) in [5.74, 6) is 0.462. The minimum atomic E-state index is -0.426. The molecule has 1 heterocycles. The lowest BCUT2D eigenvalue weighted by Crippen LogP contribution is -1.93. The summed E-state index contributed by atoms with van der Waals surface area (Å²) >= 11 is 0. The van der Waals surface area contributed by atoms with Crippen molar-refractivity contribution in [2.75, 3.05) is 7.11 Å². The van der Waals surface area contributed by atoms with Gasteiger partial charge in [0.1, 0.15) is 5.75 Å². The Kier molecular flexibility index (Phi) is 3.00. The molecule has 2 rings (SSSR count). The van der Waals surface area contributed by atoms with Gasteiger partial charge in [0.15, 0.2) is 0 Å². The topological polar surface area (TPSA) is 65.3 Å². The third-order valence-electron chi connectivity index (χ3n) is 2.37. The van der Waals surface area contributed by atoms with Crippen molar-refractivity contribution in [3.05, 3.63) is 52.8 Å². The number of pyridine rings is 1. The van der Waals surface area contributed by atoms with Crippen molar-refractivity contribution in [3.63, 3.8) is 0 Å². The van der Waals surface area contributed by atoms with Crippen molar-refractivity contribution >= 4 is 5.69 Å². The van der Waals surface area contributed by atoms with Crippen molar-refractivity contribution in [2.45, 2.75) is 0 Å². The summed E-state index contributed by atoms with van der Waals surface area (Å²) in [6.45, 7) is 0. The second-order valence-corrected chi connectivity index (χ2v) is 3.38. The standard InChI is InChI=1S/C12H10N2O3/c1-17-10-4-5-11(12(7-10)14(15)16)9-3-2-6-13-8-9/h2-8H,1H3. The molecule has 0 atom stereocenters. The lowest BCUT2D eigenvalue weighted by atomic mass is 10.1. The van der Waals surface area contributed by atoms with Gasteiger partial charge in [0.05, 0.1) is 23.7 Å². The fraction of sp³-hybridized carbons (Fsp3) is 0.0833. The van der Waals surface area contributed by atoms with Crippen LogP contribution in [-0.4, -0.2) is 17.0 Å². The van der Waals surface area contributed by atoms with Crippen molar-refractivity contribution in [1.82, 2.24) is 4.98 Å². The molecule has 2 aromatic rings. The quantitative estimate of drug-likeness (QED) is 0.600. The molecule has 5 heteroatoms. The van der Waals surface area contributed by atoms with E-state index in [0.29, 0.717) is 16.9 Å². The fourth-order valence-electron chi connectivity index (χ4n) is 1.56. The van der Waals surface area contributed by atoms with Gasteiger partial charge in [-0.1, -0.05) is 6.07 Å². The maximum Gasteiger partial charge on any atom is 0.280 e. The van der Waals surface area contributed by atoms with Crippen LogP contribution in [0.1, 0.15) is 0 Å². The molecule has 0 spiro atoms. The molecule has 0 fully saturated rings. The number of nitro groups is 1. The number of nitrogens with zero attached hydrogens (tertiary/aromatic N) is 2. The molecule has 0 bridgehead atoms. The summed E-state index contributed by atoms with van der Waals surface area (Å²) in [6.07, 6.45) is 3.22. The van der Waals surface area contributed by atoms with Gasteiger partial charge in [-0.15, -0.1) is 0 Å². The maximum atomic E-state index is 11.0. The Hall–Kier alpha value is -2.43. The zero-order valence-electron chi connectivity index (χ0n) is 9.16. The SMILES string of the molecule is COc1ccc(-c2cccnc2)c([N+](=O)[O-])c1. The summed E-state index contributed by atoms with van der Waals surface area (Å²) in [7, 11) is 1.48. The highest BCUT2D eigenvalue weighted by atomic mass is 16.6. The first kappa shape index (κ1) is 11.1. The molecule has 5 nitrogen and oxygen atoms in total. The number of aromatic nitrogens is 1. The maximum absolute atomic E-state index is 11.0. The minimum Gasteiger partial charge on any atom is -0.497 e. The predicted molar refractivity (Wildman–Crippen MR) is 62.9 cm³/mol. The molecule has 0 aliphatic heterocycles. The average Bonchev–Trinajstić information content (AvgIpc) is 2.39. The van der Waals surface area contributed by atoms with E-state index >= 15 is 0 Å². The third kappa shape index (κ3) is 2.23. The highest BCUT2D eigenvalue weighted by Gasteiger charge is 2.16. The molecule has 0 amide bonds. The van der Waals surface area contributed by atoms with Crippen molar-refractivity contribution < 1.29 is 9.66 Å². The summed E-state index contributed by atoms with van der Waals surface area (Å²) in [4.78, 5) is 14.5. The first-order valence-electron chi connectivity index (χ1n) is 4.95. The van der Waals surface area contributed by atoms with Gasteiger partial charge in [-0.05, 0) is 18.2 Å². The Morgan fingerprint density at radius 3 is 2.76 bits per heavy atom. The summed E-state index contributed by atoms with van der Waals surface area (Å²) in [5.41, 5.74) is 1.25. The number of hydrogen-bond donors (Lipinski definition) is 0. The lowest BCUT2D eigenvalue weighted by molar-refractivity contribution is -0.384. The molecule has 0 saturated heterocycles. The van der Waals surface area contributed by atoms with Crippen LogP contribution in [0, 0.1) is 10.1 Å². The van der Waals surface area contributed by atoms with Gasteiger partial charge in [0, 0.05) is 18.0 Å². The number of hydrogen-bond acceptors (Lipinski definition) is 4. The zero-order chi connectivity index (χ0) is 12.3. The average molecular weight is 230 g/mol. The Morgan fingerprint density at radius 1 is 1.35 bits per heavy atom. The van der Waals surface area contributed by atoms with Crippen molar-refractivity contribution in [2.24, 2.45) is 0 Å². The Bertz CT molecular complexity index is 541. The van der Waals surface area contributed by atoms with E-state index in [1.165, 1.54) is 13.2 Å². The molecule has 1 aromatic carbocycles. The Morgan fingerprint density at radius 2 is 2.18 bits per heavy atom. The van der Waals surface area contributed by atoms with E-state index in [9.17, 15) is 10.1 Å². The smallest absolute Gasteiger partial charge is 0.280 e. The van der Waals surface area contributed by atoms with Gasteiger partial charge in [-0.2, -0.15) is 0 Å². The van der Waals surface area contributed by atoms with E-state index in [1.54, 1.807) is 36.7 Å². The molecule has 1 aromatic heterocycles. The highest BCUT2D eigenvalue weighted by Crippen LogP contribution is 2.32. The van der Waals surface area contributed by atoms with Crippen LogP contribution in [0.15, 0.2) is 42.7 Å². The molecule has 0 radical (unpaired) electrons. The molecule has 0 N–H and O–H groups in total. The second kappa shape index (κ2) is 4.61. The zero-order valence-corrected chi connectivity index (χ0v) is 9.16. The van der Waals surface area contributed by atoms with Gasteiger partial charge in [-0.25, -0.2) is 0 Å². The van der Waals surface area contributed by atoms with Crippen LogP contribution in [0.4, 0.5) is 5.69 Å². The number of rotatable bonds is 3. The van der Waals surface area contributed by atoms with E-state index in [0.717, 1.165) is 0 Å². The molecule has 0 unspecified atom stereocenters. The summed E-state index contributed by atoms with van der Waals surface area (Å²) in [5, 5.41) is 11.0. The highest BCUT2D eigenvalue weighted by molar-refractivity contribution is 5.73. The Labute approximate surface area is 97.8 Å². The number of benzene rings is 1. The van der Waals surface area contributed by atoms with Gasteiger partial charge in [-0.3, -0.25) is 15.1 Å². The molecule has 0 aliphatic rings. The predicted octanol–water partition coefficient (Wildman–Crippen LogP) is 2.67. The number of methoxy groups -OCH3 is 1. The van der Waals surface area contributed by atoms with Gasteiger partial charge in [0.25, 0.3) is 5.69 Å². The molecule has 0 saturated carbocycles. The largest absolute Gasteiger partial charge is 0.497 e. The van der Waals surface area contributed by atoms with E-state index in [1.807, 2.05) is 0 Å². The summed E-state index contributed by atoms with van der Waals surface area (Å²) in [6, 6.07) is 8.27. The normalized spacial score (nSPS) is 9.94. The van der Waals surface area contributed by atoms with Gasteiger partial charge < -0.3 is 4.74 Å². The van der Waals surface area contributed by atoms with E-state index in [4.69, 9.17) is 4.74 Å². The fourth-order valence-corrected chi connectivity index (χ4v) is 1.56. The van der Waals surface area contributed by atoms with Crippen LogP contribution < -0.4 is 4.74 Å². The van der Waals surface area contributed by atoms with Crippen LogP contribution >= 0.6 is 0 Å². The van der Waals surface area contributed by atoms with Crippen molar-refractivity contribution in [1.29, 1.82) is 0 Å². The van der Waals surface area contributed by atoms with Gasteiger partial charge in [0.2, 0.25) is 0 Å². The lowest BCUT2D eigenvalue weighted by Gasteiger charge is -2.04. The molecule has 0 aliphatic carbocycles. The molecular formula is C12H10N2O3. The monoisotopic (exact) mass is 230 g/mol. The van der Waals surface area contributed by atoms with Crippen LogP contribution in [0.3, 0.4) is 0 Å². The van der Waals surface area contributed by atoms with Gasteiger partial charge >= 0.3 is 0 Å². The molecule has 86 valence electrons. The van der Waals surface area contributed by atoms with Crippen LogP contribution in [0.2, 0.25) is 0 Å². The molecule has 17 heavy (non-hydrogen) atoms. The molecular weight excluding hydrogens is 220 g/mol. The first-order chi connectivity index (χ1) is 8.22. The second-order valence-electron chi connectivity index (χ2n) is 3.38. The first-order valence-corrected chi connectivity index (χ1v) is 4.95.